The largest absolute Gasteiger partial charge is 0.507 e. The van der Waals surface area contributed by atoms with Gasteiger partial charge in [0.15, 0.2) is 0 Å². The Morgan fingerprint density at radius 1 is 1.03 bits per heavy atom. The molecule has 0 saturated heterocycles. The maximum atomic E-state index is 13.9. The highest BCUT2D eigenvalue weighted by atomic mass is 19.1. The van der Waals surface area contributed by atoms with Gasteiger partial charge in [-0.1, -0.05) is 6.07 Å². The van der Waals surface area contributed by atoms with E-state index in [-0.39, 0.29) is 34.0 Å². The Bertz CT molecular complexity index is 1360. The predicted molar refractivity (Wildman–Crippen MR) is 115 cm³/mol. The number of benzene rings is 3. The number of nitrogens with two attached hydrogens (primary N) is 1. The van der Waals surface area contributed by atoms with Crippen LogP contribution in [0.15, 0.2) is 54.6 Å². The number of aromatic hydroxyl groups is 2. The quantitative estimate of drug-likeness (QED) is 0.214. The monoisotopic (exact) mass is 419 g/mol. The molecule has 8 heteroatoms. The average molecular weight is 419 g/mol. The number of fused-ring (bicyclic) bond motifs is 1. The molecule has 31 heavy (non-hydrogen) atoms. The number of H-pyrrole nitrogens is 1. The fraction of sp³-hybridized carbons (Fsp3) is 0.0435. The summed E-state index contributed by atoms with van der Waals surface area (Å²) in [6.07, 6.45) is -0.423. The number of carboxylic acids is 1. The van der Waals surface area contributed by atoms with Crippen LogP contribution in [-0.2, 0) is 11.2 Å². The van der Waals surface area contributed by atoms with Gasteiger partial charge in [-0.3, -0.25) is 10.2 Å². The van der Waals surface area contributed by atoms with Crippen molar-refractivity contribution in [1.29, 1.82) is 5.41 Å². The number of carbonyl (C=O) groups is 1. The van der Waals surface area contributed by atoms with Crippen molar-refractivity contribution in [2.75, 3.05) is 0 Å². The van der Waals surface area contributed by atoms with Crippen LogP contribution in [0.3, 0.4) is 0 Å². The van der Waals surface area contributed by atoms with E-state index in [1.165, 1.54) is 6.07 Å². The van der Waals surface area contributed by atoms with Gasteiger partial charge in [-0.25, -0.2) is 4.39 Å². The molecule has 4 aromatic rings. The minimum Gasteiger partial charge on any atom is -0.507 e. The zero-order chi connectivity index (χ0) is 22.3. The van der Waals surface area contributed by atoms with Gasteiger partial charge in [-0.15, -0.1) is 0 Å². The highest BCUT2D eigenvalue weighted by Crippen LogP contribution is 2.44. The Morgan fingerprint density at radius 2 is 1.81 bits per heavy atom. The van der Waals surface area contributed by atoms with Gasteiger partial charge in [-0.2, -0.15) is 0 Å². The fourth-order valence-electron chi connectivity index (χ4n) is 3.61. The van der Waals surface area contributed by atoms with Crippen molar-refractivity contribution in [1.82, 2.24) is 4.98 Å². The summed E-state index contributed by atoms with van der Waals surface area (Å²) in [7, 11) is 0. The Morgan fingerprint density at radius 3 is 2.52 bits per heavy atom. The van der Waals surface area contributed by atoms with E-state index in [2.05, 4.69) is 4.98 Å². The number of amidine groups is 1. The van der Waals surface area contributed by atoms with Gasteiger partial charge in [0.2, 0.25) is 0 Å². The second-order valence-electron chi connectivity index (χ2n) is 7.13. The lowest BCUT2D eigenvalue weighted by Gasteiger charge is -2.15. The molecule has 1 aromatic heterocycles. The molecule has 0 saturated carbocycles. The molecule has 0 spiro atoms. The zero-order valence-electron chi connectivity index (χ0n) is 16.1. The van der Waals surface area contributed by atoms with Gasteiger partial charge in [0.1, 0.15) is 23.2 Å². The molecule has 0 atom stereocenters. The first-order chi connectivity index (χ1) is 14.7. The summed E-state index contributed by atoms with van der Waals surface area (Å²) in [6, 6.07) is 13.3. The first kappa shape index (κ1) is 20.0. The minimum atomic E-state index is -1.13. The Hall–Kier alpha value is -4.33. The number of aromatic nitrogens is 1. The summed E-state index contributed by atoms with van der Waals surface area (Å²) in [4.78, 5) is 14.5. The summed E-state index contributed by atoms with van der Waals surface area (Å²) < 4.78 is 13.9. The number of hydrogen-bond donors (Lipinski definition) is 6. The lowest BCUT2D eigenvalue weighted by atomic mass is 9.92. The molecule has 7 nitrogen and oxygen atoms in total. The van der Waals surface area contributed by atoms with Crippen molar-refractivity contribution >= 4 is 22.7 Å². The van der Waals surface area contributed by atoms with E-state index in [4.69, 9.17) is 11.1 Å². The molecule has 1 heterocycles. The molecule has 0 bridgehead atoms. The number of aromatic amines is 1. The van der Waals surface area contributed by atoms with E-state index in [1.54, 1.807) is 30.3 Å². The third-order valence-electron chi connectivity index (χ3n) is 5.06. The number of nitrogen functional groups attached to an aromatic ring is 1. The molecule has 3 aromatic carbocycles. The summed E-state index contributed by atoms with van der Waals surface area (Å²) in [5.41, 5.74) is 7.95. The molecular weight excluding hydrogens is 401 g/mol. The van der Waals surface area contributed by atoms with E-state index in [0.717, 1.165) is 29.1 Å². The van der Waals surface area contributed by atoms with Crippen LogP contribution in [0.2, 0.25) is 0 Å². The molecule has 7 N–H and O–H groups in total. The predicted octanol–water partition coefficient (Wildman–Crippen LogP) is 3.96. The maximum Gasteiger partial charge on any atom is 0.307 e. The highest BCUT2D eigenvalue weighted by molar-refractivity contribution is 6.00. The standard InChI is InChI=1S/C23H18FN3O4/c24-14-3-6-19(28)16(10-14)21-11(9-20(29)30)1-4-15(22(21)31)18-8-13-7-12(23(25)26)2-5-17(13)27-18/h1-8,10,27-28,31H,9H2,(H3,25,26)(H,29,30). The van der Waals surface area contributed by atoms with Gasteiger partial charge in [0.05, 0.1) is 12.1 Å². The van der Waals surface area contributed by atoms with E-state index in [1.807, 2.05) is 0 Å². The second kappa shape index (κ2) is 7.49. The van der Waals surface area contributed by atoms with Crippen molar-refractivity contribution in [3.05, 3.63) is 71.5 Å². The summed E-state index contributed by atoms with van der Waals surface area (Å²) >= 11 is 0. The molecule has 0 aliphatic carbocycles. The third kappa shape index (κ3) is 3.66. The average Bonchev–Trinajstić information content (AvgIpc) is 3.13. The van der Waals surface area contributed by atoms with E-state index < -0.39 is 18.2 Å². The molecule has 0 fully saturated rings. The van der Waals surface area contributed by atoms with E-state index in [9.17, 15) is 24.5 Å². The second-order valence-corrected chi connectivity index (χ2v) is 7.13. The minimum absolute atomic E-state index is 0.00872. The number of hydrogen-bond acceptors (Lipinski definition) is 4. The van der Waals surface area contributed by atoms with E-state index in [0.29, 0.717) is 16.8 Å². The molecule has 0 unspecified atom stereocenters. The number of carboxylic acid groups (broad SMARTS) is 1. The van der Waals surface area contributed by atoms with Crippen molar-refractivity contribution in [3.63, 3.8) is 0 Å². The molecule has 4 rings (SSSR count). The summed E-state index contributed by atoms with van der Waals surface area (Å²) in [6.45, 7) is 0. The number of aliphatic carboxylic acids is 1. The zero-order valence-corrected chi connectivity index (χ0v) is 16.1. The van der Waals surface area contributed by atoms with Crippen molar-refractivity contribution < 1.29 is 24.5 Å². The molecule has 0 radical (unpaired) electrons. The van der Waals surface area contributed by atoms with Crippen LogP contribution in [0.5, 0.6) is 11.5 Å². The van der Waals surface area contributed by atoms with Crippen LogP contribution >= 0.6 is 0 Å². The van der Waals surface area contributed by atoms with Crippen LogP contribution in [0.1, 0.15) is 11.1 Å². The molecule has 0 aliphatic heterocycles. The van der Waals surface area contributed by atoms with Gasteiger partial charge in [0.25, 0.3) is 0 Å². The van der Waals surface area contributed by atoms with Gasteiger partial charge >= 0.3 is 5.97 Å². The third-order valence-corrected chi connectivity index (χ3v) is 5.06. The molecule has 156 valence electrons. The Kier molecular flexibility index (Phi) is 4.82. The van der Waals surface area contributed by atoms with Gasteiger partial charge in [-0.05, 0) is 54.1 Å². The molecule has 0 amide bonds. The lowest BCUT2D eigenvalue weighted by Crippen LogP contribution is -2.10. The topological polar surface area (TPSA) is 143 Å². The van der Waals surface area contributed by atoms with Crippen molar-refractivity contribution in [3.8, 4) is 33.9 Å². The first-order valence-corrected chi connectivity index (χ1v) is 9.27. The normalized spacial score (nSPS) is 11.0. The number of nitrogens with one attached hydrogen (secondary N) is 2. The number of rotatable bonds is 5. The summed E-state index contributed by atoms with van der Waals surface area (Å²) in [5.74, 6) is -2.43. The van der Waals surface area contributed by atoms with E-state index >= 15 is 0 Å². The number of halogens is 1. The SMILES string of the molecule is N=C(N)c1ccc2[nH]c(-c3ccc(CC(=O)O)c(-c4cc(F)ccc4O)c3O)cc2c1. The lowest BCUT2D eigenvalue weighted by molar-refractivity contribution is -0.136. The highest BCUT2D eigenvalue weighted by Gasteiger charge is 2.21. The Labute approximate surface area is 175 Å². The first-order valence-electron chi connectivity index (χ1n) is 9.27. The molecular formula is C23H18FN3O4. The van der Waals surface area contributed by atoms with Crippen LogP contribution in [-0.4, -0.2) is 32.1 Å². The number of phenolic OH excluding ortho intramolecular Hbond substituents is 2. The summed E-state index contributed by atoms with van der Waals surface area (Å²) in [5, 5.41) is 38.9. The maximum absolute atomic E-state index is 13.9. The molecule has 0 aliphatic rings. The van der Waals surface area contributed by atoms with Gasteiger partial charge in [0, 0.05) is 33.2 Å². The van der Waals surface area contributed by atoms with Crippen LogP contribution < -0.4 is 5.73 Å². The van der Waals surface area contributed by atoms with Crippen LogP contribution in [0.25, 0.3) is 33.3 Å². The fourth-order valence-corrected chi connectivity index (χ4v) is 3.61. The van der Waals surface area contributed by atoms with Crippen LogP contribution in [0, 0.1) is 11.2 Å². The van der Waals surface area contributed by atoms with Crippen molar-refractivity contribution in [2.24, 2.45) is 5.73 Å². The Balaban J connectivity index is 1.94. The van der Waals surface area contributed by atoms with Gasteiger partial charge < -0.3 is 26.0 Å². The van der Waals surface area contributed by atoms with Crippen LogP contribution in [0.4, 0.5) is 4.39 Å². The number of phenols is 2. The van der Waals surface area contributed by atoms with Crippen molar-refractivity contribution in [2.45, 2.75) is 6.42 Å². The smallest absolute Gasteiger partial charge is 0.307 e.